The lowest BCUT2D eigenvalue weighted by Gasteiger charge is -2.23. The number of nitrogens with zero attached hydrogens (tertiary/aromatic N) is 5. The van der Waals surface area contributed by atoms with Gasteiger partial charge in [-0.1, -0.05) is 0 Å². The van der Waals surface area contributed by atoms with Crippen LogP contribution in [0.1, 0.15) is 0 Å². The van der Waals surface area contributed by atoms with Gasteiger partial charge in [-0.15, -0.1) is 5.11 Å². The Morgan fingerprint density at radius 2 is 1.49 bits per heavy atom. The van der Waals surface area contributed by atoms with Crippen LogP contribution in [-0.4, -0.2) is 62.7 Å². The number of hydrazine groups is 1. The second-order valence-corrected chi connectivity index (χ2v) is 7.82. The highest BCUT2D eigenvalue weighted by Gasteiger charge is 2.14. The zero-order chi connectivity index (χ0) is 26.8. The maximum absolute atomic E-state index is 10.9. The Morgan fingerprint density at radius 3 is 2.03 bits per heavy atom. The molecule has 0 amide bonds. The largest absolute Gasteiger partial charge is 0.494 e. The summed E-state index contributed by atoms with van der Waals surface area (Å²) in [7, 11) is 4.83. The van der Waals surface area contributed by atoms with E-state index in [1.165, 1.54) is 26.4 Å². The van der Waals surface area contributed by atoms with Crippen molar-refractivity contribution < 1.29 is 24.6 Å². The van der Waals surface area contributed by atoms with Gasteiger partial charge >= 0.3 is 0 Å². The molecule has 0 saturated heterocycles. The molecule has 0 aliphatic heterocycles. The smallest absolute Gasteiger partial charge is 0.269 e. The van der Waals surface area contributed by atoms with E-state index in [4.69, 9.17) is 9.47 Å². The molecule has 0 atom stereocenters. The molecule has 12 nitrogen and oxygen atoms in total. The molecule has 0 radical (unpaired) electrons. The fourth-order valence-electron chi connectivity index (χ4n) is 3.54. The summed E-state index contributed by atoms with van der Waals surface area (Å²) in [4.78, 5) is 12.3. The van der Waals surface area contributed by atoms with Crippen LogP contribution in [0.15, 0.2) is 70.9 Å². The minimum absolute atomic E-state index is 0.00778. The number of azo groups is 1. The van der Waals surface area contributed by atoms with Crippen molar-refractivity contribution in [1.82, 2.24) is 0 Å². The van der Waals surface area contributed by atoms with Gasteiger partial charge in [0.15, 0.2) is 0 Å². The first kappa shape index (κ1) is 27.2. The van der Waals surface area contributed by atoms with E-state index in [1.807, 2.05) is 17.0 Å². The number of nitro benzene ring substituents is 1. The summed E-state index contributed by atoms with van der Waals surface area (Å²) in [6.45, 7) is 0.797. The molecule has 0 spiro atoms. The van der Waals surface area contributed by atoms with Gasteiger partial charge in [-0.05, 0) is 36.4 Å². The number of nitro groups is 1. The number of rotatable bonds is 13. The molecule has 3 aromatic carbocycles. The lowest BCUT2D eigenvalue weighted by Crippen LogP contribution is -2.29. The van der Waals surface area contributed by atoms with Crippen molar-refractivity contribution in [1.29, 1.82) is 0 Å². The summed E-state index contributed by atoms with van der Waals surface area (Å²) >= 11 is 0. The number of hydrogen-bond acceptors (Lipinski definition) is 11. The molecule has 0 fully saturated rings. The summed E-state index contributed by atoms with van der Waals surface area (Å²) in [5.41, 5.74) is 6.41. The van der Waals surface area contributed by atoms with Gasteiger partial charge in [0.2, 0.25) is 0 Å². The van der Waals surface area contributed by atoms with Gasteiger partial charge in [0.05, 0.1) is 43.7 Å². The predicted molar refractivity (Wildman–Crippen MR) is 142 cm³/mol. The third-order valence-corrected chi connectivity index (χ3v) is 5.46. The van der Waals surface area contributed by atoms with Crippen LogP contribution in [0, 0.1) is 10.1 Å². The SMILES string of the molecule is COc1cc(NN(C)c2ccc([N+](=O)[O-])cc2)c(OC)cc1/N=N/c1ccc(N(CCO)CCO)cc1. The molecule has 37 heavy (non-hydrogen) atoms. The average molecular weight is 511 g/mol. The molecule has 12 heteroatoms. The second kappa shape index (κ2) is 13.0. The third-order valence-electron chi connectivity index (χ3n) is 5.46. The van der Waals surface area contributed by atoms with E-state index < -0.39 is 4.92 Å². The first-order chi connectivity index (χ1) is 17.9. The van der Waals surface area contributed by atoms with Crippen molar-refractivity contribution in [3.63, 3.8) is 0 Å². The molecule has 3 N–H and O–H groups in total. The Morgan fingerprint density at radius 1 is 0.892 bits per heavy atom. The maximum Gasteiger partial charge on any atom is 0.269 e. The van der Waals surface area contributed by atoms with Crippen LogP contribution < -0.4 is 24.8 Å². The number of benzene rings is 3. The molecule has 3 rings (SSSR count). The van der Waals surface area contributed by atoms with Gasteiger partial charge in [0.25, 0.3) is 5.69 Å². The van der Waals surface area contributed by atoms with Crippen LogP contribution in [0.4, 0.5) is 34.1 Å². The van der Waals surface area contributed by atoms with E-state index in [1.54, 1.807) is 48.5 Å². The summed E-state index contributed by atoms with van der Waals surface area (Å²) in [6, 6.07) is 16.8. The predicted octanol–water partition coefficient (Wildman–Crippen LogP) is 4.28. The van der Waals surface area contributed by atoms with Crippen molar-refractivity contribution in [2.24, 2.45) is 10.2 Å². The molecule has 0 saturated carbocycles. The summed E-state index contributed by atoms with van der Waals surface area (Å²) in [5.74, 6) is 0.945. The molecular weight excluding hydrogens is 480 g/mol. The summed E-state index contributed by atoms with van der Waals surface area (Å²) in [6.07, 6.45) is 0. The van der Waals surface area contributed by atoms with Crippen molar-refractivity contribution in [2.75, 3.05) is 62.9 Å². The fourth-order valence-corrected chi connectivity index (χ4v) is 3.54. The van der Waals surface area contributed by atoms with Gasteiger partial charge in [-0.25, -0.2) is 0 Å². The number of ether oxygens (including phenoxy) is 2. The Kier molecular flexibility index (Phi) is 9.58. The van der Waals surface area contributed by atoms with Gasteiger partial charge in [0.1, 0.15) is 22.9 Å². The third kappa shape index (κ3) is 7.06. The highest BCUT2D eigenvalue weighted by atomic mass is 16.6. The number of methoxy groups -OCH3 is 2. The highest BCUT2D eigenvalue weighted by molar-refractivity contribution is 5.71. The van der Waals surface area contributed by atoms with E-state index >= 15 is 0 Å². The minimum atomic E-state index is -0.448. The van der Waals surface area contributed by atoms with Crippen LogP contribution in [-0.2, 0) is 0 Å². The topological polar surface area (TPSA) is 145 Å². The number of hydrogen-bond donors (Lipinski definition) is 3. The molecule has 0 aliphatic rings. The minimum Gasteiger partial charge on any atom is -0.494 e. The van der Waals surface area contributed by atoms with E-state index in [2.05, 4.69) is 15.7 Å². The van der Waals surface area contributed by atoms with E-state index in [0.29, 0.717) is 47.3 Å². The highest BCUT2D eigenvalue weighted by Crippen LogP contribution is 2.39. The second-order valence-electron chi connectivity index (χ2n) is 7.82. The van der Waals surface area contributed by atoms with Crippen LogP contribution in [0.2, 0.25) is 0 Å². The van der Waals surface area contributed by atoms with Crippen LogP contribution >= 0.6 is 0 Å². The molecule has 0 aromatic heterocycles. The standard InChI is InChI=1S/C25H30N6O6/c1-29(19-8-10-21(11-9-19)31(34)35)28-23-17-24(36-2)22(16-25(23)37-3)27-26-18-4-6-20(7-5-18)30(12-14-32)13-15-33/h4-11,16-17,28,32-33H,12-15H2,1-3H3/b27-26+. The van der Waals surface area contributed by atoms with Crippen LogP contribution in [0.25, 0.3) is 0 Å². The van der Waals surface area contributed by atoms with Crippen molar-refractivity contribution in [2.45, 2.75) is 0 Å². The monoisotopic (exact) mass is 510 g/mol. The molecule has 0 bridgehead atoms. The quantitative estimate of drug-likeness (QED) is 0.174. The summed E-state index contributed by atoms with van der Waals surface area (Å²) < 4.78 is 11.0. The lowest BCUT2D eigenvalue weighted by molar-refractivity contribution is -0.384. The zero-order valence-corrected chi connectivity index (χ0v) is 20.9. The molecule has 0 unspecified atom stereocenters. The number of nitrogens with one attached hydrogen (secondary N) is 1. The average Bonchev–Trinajstić information content (AvgIpc) is 2.92. The van der Waals surface area contributed by atoms with E-state index in [9.17, 15) is 20.3 Å². The Bertz CT molecular complexity index is 1200. The van der Waals surface area contributed by atoms with Crippen LogP contribution in [0.5, 0.6) is 11.5 Å². The van der Waals surface area contributed by atoms with Gasteiger partial charge in [0, 0.05) is 50.1 Å². The summed E-state index contributed by atoms with van der Waals surface area (Å²) in [5, 5.41) is 39.7. The van der Waals surface area contributed by atoms with Crippen molar-refractivity contribution in [3.8, 4) is 11.5 Å². The molecule has 196 valence electrons. The number of aliphatic hydroxyl groups is 2. The Hall–Kier alpha value is -4.42. The fraction of sp³-hybridized carbons (Fsp3) is 0.280. The normalized spacial score (nSPS) is 10.8. The van der Waals surface area contributed by atoms with Crippen molar-refractivity contribution >= 4 is 34.1 Å². The van der Waals surface area contributed by atoms with Gasteiger partial charge in [-0.2, -0.15) is 5.11 Å². The van der Waals surface area contributed by atoms with Gasteiger partial charge in [-0.3, -0.25) is 20.5 Å². The number of aliphatic hydroxyl groups excluding tert-OH is 2. The first-order valence-electron chi connectivity index (χ1n) is 11.4. The zero-order valence-electron chi connectivity index (χ0n) is 20.9. The van der Waals surface area contributed by atoms with E-state index in [0.717, 1.165) is 5.69 Å². The molecule has 0 heterocycles. The molecule has 3 aromatic rings. The van der Waals surface area contributed by atoms with Crippen molar-refractivity contribution in [3.05, 3.63) is 70.8 Å². The Balaban J connectivity index is 1.79. The molecule has 0 aliphatic carbocycles. The number of non-ortho nitro benzene ring substituents is 1. The van der Waals surface area contributed by atoms with E-state index in [-0.39, 0.29) is 18.9 Å². The first-order valence-corrected chi connectivity index (χ1v) is 11.4. The van der Waals surface area contributed by atoms with Crippen LogP contribution in [0.3, 0.4) is 0 Å². The Labute approximate surface area is 214 Å². The lowest BCUT2D eigenvalue weighted by atomic mass is 10.2. The maximum atomic E-state index is 10.9. The molecular formula is C25H30N6O6. The number of anilines is 3. The van der Waals surface area contributed by atoms with Gasteiger partial charge < -0.3 is 24.6 Å².